The first-order chi connectivity index (χ1) is 9.86. The van der Waals surface area contributed by atoms with Gasteiger partial charge in [0.1, 0.15) is 11.6 Å². The SMILES string of the molecule is Cc1cc(C)c(OCC(=O)Nc2nc(C)nn2C)c(C)c1. The monoisotopic (exact) mass is 288 g/mol. The third-order valence-electron chi connectivity index (χ3n) is 3.07. The molecule has 0 saturated carbocycles. The smallest absolute Gasteiger partial charge is 0.264 e. The number of rotatable bonds is 4. The number of aromatic nitrogens is 3. The van der Waals surface area contributed by atoms with Gasteiger partial charge in [0.15, 0.2) is 6.61 Å². The van der Waals surface area contributed by atoms with E-state index >= 15 is 0 Å². The van der Waals surface area contributed by atoms with E-state index in [0.717, 1.165) is 16.9 Å². The molecule has 21 heavy (non-hydrogen) atoms. The van der Waals surface area contributed by atoms with Crippen molar-refractivity contribution < 1.29 is 9.53 Å². The molecule has 0 unspecified atom stereocenters. The van der Waals surface area contributed by atoms with Crippen molar-refractivity contribution in [1.82, 2.24) is 14.8 Å². The van der Waals surface area contributed by atoms with Crippen LogP contribution in [0.15, 0.2) is 12.1 Å². The maximum Gasteiger partial charge on any atom is 0.264 e. The van der Waals surface area contributed by atoms with Crippen LogP contribution in [0.3, 0.4) is 0 Å². The predicted molar refractivity (Wildman–Crippen MR) is 80.5 cm³/mol. The Bertz CT molecular complexity index is 653. The fourth-order valence-electron chi connectivity index (χ4n) is 2.31. The number of ether oxygens (including phenoxy) is 1. The molecule has 112 valence electrons. The zero-order chi connectivity index (χ0) is 15.6. The van der Waals surface area contributed by atoms with Gasteiger partial charge in [-0.1, -0.05) is 17.7 Å². The molecular weight excluding hydrogens is 268 g/mol. The molecule has 0 saturated heterocycles. The van der Waals surface area contributed by atoms with E-state index in [4.69, 9.17) is 4.74 Å². The van der Waals surface area contributed by atoms with Gasteiger partial charge in [-0.25, -0.2) is 4.68 Å². The molecular formula is C15H20N4O2. The summed E-state index contributed by atoms with van der Waals surface area (Å²) in [7, 11) is 1.73. The molecule has 1 N–H and O–H groups in total. The number of benzene rings is 1. The zero-order valence-corrected chi connectivity index (χ0v) is 13.0. The van der Waals surface area contributed by atoms with Gasteiger partial charge in [0.05, 0.1) is 0 Å². The number of hydrogen-bond donors (Lipinski definition) is 1. The lowest BCUT2D eigenvalue weighted by atomic mass is 10.1. The highest BCUT2D eigenvalue weighted by Crippen LogP contribution is 2.24. The van der Waals surface area contributed by atoms with Crippen molar-refractivity contribution in [3.63, 3.8) is 0 Å². The van der Waals surface area contributed by atoms with Crippen LogP contribution in [0.4, 0.5) is 5.95 Å². The second-order valence-corrected chi connectivity index (χ2v) is 5.17. The van der Waals surface area contributed by atoms with Crippen LogP contribution in [0.5, 0.6) is 5.75 Å². The van der Waals surface area contributed by atoms with E-state index in [9.17, 15) is 4.79 Å². The van der Waals surface area contributed by atoms with Crippen molar-refractivity contribution in [2.24, 2.45) is 7.05 Å². The molecule has 0 aliphatic heterocycles. The Labute approximate surface area is 124 Å². The second kappa shape index (κ2) is 5.95. The van der Waals surface area contributed by atoms with Gasteiger partial charge in [0, 0.05) is 7.05 Å². The Balaban J connectivity index is 2.00. The Morgan fingerprint density at radius 2 is 1.86 bits per heavy atom. The Morgan fingerprint density at radius 1 is 1.24 bits per heavy atom. The number of amides is 1. The summed E-state index contributed by atoms with van der Waals surface area (Å²) in [6.45, 7) is 7.69. The molecule has 1 aromatic heterocycles. The van der Waals surface area contributed by atoms with Crippen LogP contribution in [0.1, 0.15) is 22.5 Å². The van der Waals surface area contributed by atoms with Crippen LogP contribution >= 0.6 is 0 Å². The number of nitrogens with one attached hydrogen (secondary N) is 1. The number of anilines is 1. The molecule has 6 heteroatoms. The van der Waals surface area contributed by atoms with E-state index in [0.29, 0.717) is 11.8 Å². The highest BCUT2D eigenvalue weighted by Gasteiger charge is 2.11. The number of aryl methyl sites for hydroxylation is 5. The predicted octanol–water partition coefficient (Wildman–Crippen LogP) is 2.07. The van der Waals surface area contributed by atoms with E-state index in [-0.39, 0.29) is 12.5 Å². The van der Waals surface area contributed by atoms with Crippen LogP contribution in [0.2, 0.25) is 0 Å². The summed E-state index contributed by atoms with van der Waals surface area (Å²) in [5.41, 5.74) is 3.22. The van der Waals surface area contributed by atoms with E-state index in [2.05, 4.69) is 15.4 Å². The summed E-state index contributed by atoms with van der Waals surface area (Å²) in [6, 6.07) is 4.07. The largest absolute Gasteiger partial charge is 0.483 e. The number of hydrogen-bond acceptors (Lipinski definition) is 4. The van der Waals surface area contributed by atoms with Gasteiger partial charge in [-0.3, -0.25) is 10.1 Å². The number of carbonyl (C=O) groups is 1. The lowest BCUT2D eigenvalue weighted by Crippen LogP contribution is -2.22. The number of nitrogens with zero attached hydrogens (tertiary/aromatic N) is 3. The maximum absolute atomic E-state index is 11.9. The summed E-state index contributed by atoms with van der Waals surface area (Å²) >= 11 is 0. The summed E-state index contributed by atoms with van der Waals surface area (Å²) in [6.07, 6.45) is 0. The average molecular weight is 288 g/mol. The lowest BCUT2D eigenvalue weighted by molar-refractivity contribution is -0.118. The van der Waals surface area contributed by atoms with Crippen molar-refractivity contribution in [3.8, 4) is 5.75 Å². The molecule has 0 aliphatic rings. The maximum atomic E-state index is 11.9. The van der Waals surface area contributed by atoms with Crippen LogP contribution < -0.4 is 10.1 Å². The topological polar surface area (TPSA) is 69.0 Å². The minimum absolute atomic E-state index is 0.0589. The van der Waals surface area contributed by atoms with Crippen molar-refractivity contribution in [3.05, 3.63) is 34.6 Å². The molecule has 0 spiro atoms. The van der Waals surface area contributed by atoms with Crippen molar-refractivity contribution in [1.29, 1.82) is 0 Å². The molecule has 2 aromatic rings. The molecule has 6 nitrogen and oxygen atoms in total. The quantitative estimate of drug-likeness (QED) is 0.935. The van der Waals surface area contributed by atoms with Crippen LogP contribution in [0, 0.1) is 27.7 Å². The van der Waals surface area contributed by atoms with Gasteiger partial charge in [-0.15, -0.1) is 0 Å². The van der Waals surface area contributed by atoms with Gasteiger partial charge in [0.2, 0.25) is 5.95 Å². The van der Waals surface area contributed by atoms with E-state index in [1.165, 1.54) is 10.2 Å². The third kappa shape index (κ3) is 3.59. The zero-order valence-electron chi connectivity index (χ0n) is 13.0. The van der Waals surface area contributed by atoms with Gasteiger partial charge < -0.3 is 4.74 Å². The Kier molecular flexibility index (Phi) is 4.26. The van der Waals surface area contributed by atoms with Gasteiger partial charge in [0.25, 0.3) is 5.91 Å². The second-order valence-electron chi connectivity index (χ2n) is 5.17. The van der Waals surface area contributed by atoms with Crippen LogP contribution in [-0.4, -0.2) is 27.3 Å². The third-order valence-corrected chi connectivity index (χ3v) is 3.07. The molecule has 0 radical (unpaired) electrons. The van der Waals surface area contributed by atoms with E-state index < -0.39 is 0 Å². The molecule has 1 amide bonds. The van der Waals surface area contributed by atoms with Gasteiger partial charge in [-0.05, 0) is 38.8 Å². The van der Waals surface area contributed by atoms with Crippen LogP contribution in [0.25, 0.3) is 0 Å². The summed E-state index contributed by atoms with van der Waals surface area (Å²) in [5.74, 6) is 1.52. The van der Waals surface area contributed by atoms with Gasteiger partial charge >= 0.3 is 0 Å². The van der Waals surface area contributed by atoms with Crippen molar-refractivity contribution in [2.75, 3.05) is 11.9 Å². The first kappa shape index (κ1) is 15.0. The Hall–Kier alpha value is -2.37. The first-order valence-corrected chi connectivity index (χ1v) is 6.75. The summed E-state index contributed by atoms with van der Waals surface area (Å²) < 4.78 is 7.16. The minimum Gasteiger partial charge on any atom is -0.483 e. The highest BCUT2D eigenvalue weighted by atomic mass is 16.5. The van der Waals surface area contributed by atoms with Gasteiger partial charge in [-0.2, -0.15) is 10.1 Å². The van der Waals surface area contributed by atoms with Crippen LogP contribution in [-0.2, 0) is 11.8 Å². The molecule has 0 atom stereocenters. The highest BCUT2D eigenvalue weighted by molar-refractivity contribution is 5.90. The first-order valence-electron chi connectivity index (χ1n) is 6.75. The summed E-state index contributed by atoms with van der Waals surface area (Å²) in [5, 5.41) is 6.75. The molecule has 1 heterocycles. The fraction of sp³-hybridized carbons (Fsp3) is 0.400. The lowest BCUT2D eigenvalue weighted by Gasteiger charge is -2.12. The summed E-state index contributed by atoms with van der Waals surface area (Å²) in [4.78, 5) is 16.0. The van der Waals surface area contributed by atoms with Crippen molar-refractivity contribution >= 4 is 11.9 Å². The molecule has 2 rings (SSSR count). The van der Waals surface area contributed by atoms with E-state index in [1.54, 1.807) is 14.0 Å². The molecule has 0 aliphatic carbocycles. The molecule has 0 bridgehead atoms. The average Bonchev–Trinajstić information content (AvgIpc) is 2.66. The van der Waals surface area contributed by atoms with E-state index in [1.807, 2.05) is 32.9 Å². The minimum atomic E-state index is -0.259. The van der Waals surface area contributed by atoms with Crippen molar-refractivity contribution in [2.45, 2.75) is 27.7 Å². The number of carbonyl (C=O) groups excluding carboxylic acids is 1. The Morgan fingerprint density at radius 3 is 2.38 bits per heavy atom. The molecule has 1 aromatic carbocycles. The molecule has 0 fully saturated rings. The normalized spacial score (nSPS) is 10.5. The standard InChI is InChI=1S/C15H20N4O2/c1-9-6-10(2)14(11(3)7-9)21-8-13(20)17-15-16-12(4)18-19(15)5/h6-7H,8H2,1-5H3,(H,16,17,18,20). The fourth-order valence-corrected chi connectivity index (χ4v) is 2.31.